The van der Waals surface area contributed by atoms with Crippen molar-refractivity contribution in [2.75, 3.05) is 26.7 Å². The lowest BCUT2D eigenvalue weighted by Gasteiger charge is -2.26. The van der Waals surface area contributed by atoms with Gasteiger partial charge in [-0.25, -0.2) is 9.98 Å². The molecule has 1 aromatic rings. The smallest absolute Gasteiger partial charge is 0.204 e. The molecular formula is C33H58N6O2. The van der Waals surface area contributed by atoms with E-state index in [-0.39, 0.29) is 6.41 Å². The standard InChI is InChI=1S/C30H48N4.CH3NO.CH5N.CH2O/c1-6-29(31)33-30(32-28-15-13-26(22(2)3)20-24(28)5)16-14-27(25-11-7-8-12-25)19-23(4)21-34-17-9-10-18-34;2-1-3;2*1-2/h13,15,20,22,25,27H,4,6-12,14,16-19,21H2,1-3,5H3,(H2,31,32,33);1H,(H2,2,3);2H2,1H3;1H2. The second-order valence-corrected chi connectivity index (χ2v) is 11.1. The summed E-state index contributed by atoms with van der Waals surface area (Å²) in [7, 11) is 1.50. The minimum atomic E-state index is 0.250. The first-order valence-electron chi connectivity index (χ1n) is 15.2. The van der Waals surface area contributed by atoms with Crippen LogP contribution in [0.5, 0.6) is 0 Å². The molecule has 2 aliphatic rings. The van der Waals surface area contributed by atoms with Gasteiger partial charge in [-0.05, 0) is 87.7 Å². The van der Waals surface area contributed by atoms with Crippen molar-refractivity contribution in [3.05, 3.63) is 41.5 Å². The van der Waals surface area contributed by atoms with E-state index in [1.54, 1.807) is 0 Å². The van der Waals surface area contributed by atoms with E-state index in [4.69, 9.17) is 25.3 Å². The van der Waals surface area contributed by atoms with Gasteiger partial charge in [-0.3, -0.25) is 9.69 Å². The first kappa shape index (κ1) is 38.2. The van der Waals surface area contributed by atoms with Gasteiger partial charge in [0.05, 0.1) is 5.69 Å². The number of nitrogens with zero attached hydrogens (tertiary/aromatic N) is 3. The van der Waals surface area contributed by atoms with Gasteiger partial charge in [0.1, 0.15) is 18.5 Å². The molecule has 1 unspecified atom stereocenters. The Morgan fingerprint density at radius 2 is 1.71 bits per heavy atom. The number of carbonyl (C=O) groups excluding carboxylic acids is 2. The van der Waals surface area contributed by atoms with Crippen LogP contribution in [0, 0.1) is 18.8 Å². The lowest BCUT2D eigenvalue weighted by atomic mass is 9.82. The maximum Gasteiger partial charge on any atom is 0.204 e. The summed E-state index contributed by atoms with van der Waals surface area (Å²) in [5.74, 6) is 3.56. The van der Waals surface area contributed by atoms with Crippen LogP contribution < -0.4 is 17.2 Å². The third-order valence-corrected chi connectivity index (χ3v) is 7.77. The van der Waals surface area contributed by atoms with Crippen molar-refractivity contribution in [1.29, 1.82) is 0 Å². The zero-order chi connectivity index (χ0) is 31.2. The molecule has 0 spiro atoms. The number of hydrogen-bond donors (Lipinski definition) is 3. The third kappa shape index (κ3) is 15.1. The van der Waals surface area contributed by atoms with E-state index in [0.29, 0.717) is 17.7 Å². The van der Waals surface area contributed by atoms with Crippen LogP contribution in [0.1, 0.15) is 102 Å². The number of benzene rings is 1. The van der Waals surface area contributed by atoms with Gasteiger partial charge in [0.25, 0.3) is 0 Å². The molecule has 8 nitrogen and oxygen atoms in total. The molecule has 1 saturated heterocycles. The maximum absolute atomic E-state index is 8.58. The topological polar surface area (TPSA) is 140 Å². The molecule has 1 aliphatic carbocycles. The molecule has 0 radical (unpaired) electrons. The molecule has 6 N–H and O–H groups in total. The van der Waals surface area contributed by atoms with Gasteiger partial charge in [0.15, 0.2) is 0 Å². The van der Waals surface area contributed by atoms with Crippen LogP contribution >= 0.6 is 0 Å². The van der Waals surface area contributed by atoms with Crippen molar-refractivity contribution in [2.45, 2.75) is 97.8 Å². The van der Waals surface area contributed by atoms with Crippen LogP contribution in [0.15, 0.2) is 40.3 Å². The van der Waals surface area contributed by atoms with Crippen LogP contribution in [0.4, 0.5) is 5.69 Å². The molecule has 3 rings (SSSR count). The van der Waals surface area contributed by atoms with E-state index < -0.39 is 0 Å². The molecule has 1 amide bonds. The molecule has 2 fully saturated rings. The minimum Gasteiger partial charge on any atom is -0.387 e. The largest absolute Gasteiger partial charge is 0.387 e. The highest BCUT2D eigenvalue weighted by molar-refractivity contribution is 5.97. The Bertz CT molecular complexity index is 932. The fourth-order valence-electron chi connectivity index (χ4n) is 5.62. The summed E-state index contributed by atoms with van der Waals surface area (Å²) in [6, 6.07) is 6.61. The fourth-order valence-corrected chi connectivity index (χ4v) is 5.62. The van der Waals surface area contributed by atoms with E-state index in [0.717, 1.165) is 49.7 Å². The van der Waals surface area contributed by atoms with Crippen molar-refractivity contribution in [1.82, 2.24) is 4.90 Å². The van der Waals surface area contributed by atoms with Crippen LogP contribution in [-0.4, -0.2) is 56.5 Å². The number of hydrogen-bond acceptors (Lipinski definition) is 5. The van der Waals surface area contributed by atoms with E-state index in [9.17, 15) is 0 Å². The van der Waals surface area contributed by atoms with Gasteiger partial charge < -0.3 is 22.0 Å². The fraction of sp³-hybridized carbons (Fsp3) is 0.636. The summed E-state index contributed by atoms with van der Waals surface area (Å²) in [6.07, 6.45) is 12.3. The predicted octanol–water partition coefficient (Wildman–Crippen LogP) is 6.04. The molecule has 41 heavy (non-hydrogen) atoms. The number of aryl methyl sites for hydroxylation is 1. The Labute approximate surface area is 249 Å². The molecule has 1 heterocycles. The van der Waals surface area contributed by atoms with Crippen molar-refractivity contribution >= 4 is 30.6 Å². The van der Waals surface area contributed by atoms with Crippen LogP contribution in [0.25, 0.3) is 0 Å². The summed E-state index contributed by atoms with van der Waals surface area (Å²) in [5.41, 5.74) is 19.8. The summed E-state index contributed by atoms with van der Waals surface area (Å²) in [4.78, 5) is 29.0. The predicted molar refractivity (Wildman–Crippen MR) is 176 cm³/mol. The Morgan fingerprint density at radius 1 is 1.12 bits per heavy atom. The molecule has 232 valence electrons. The highest BCUT2D eigenvalue weighted by atomic mass is 16.1. The average molecular weight is 571 g/mol. The van der Waals surface area contributed by atoms with E-state index in [1.807, 2.05) is 6.79 Å². The monoisotopic (exact) mass is 570 g/mol. The number of likely N-dealkylation sites (tertiary alicyclic amines) is 1. The van der Waals surface area contributed by atoms with Crippen LogP contribution in [-0.2, 0) is 9.59 Å². The quantitative estimate of drug-likeness (QED) is 0.129. The number of rotatable bonds is 11. The number of primary amides is 1. The highest BCUT2D eigenvalue weighted by Crippen LogP contribution is 2.37. The molecule has 8 heteroatoms. The molecule has 1 aliphatic heterocycles. The van der Waals surface area contributed by atoms with E-state index in [2.05, 4.69) is 68.8 Å². The summed E-state index contributed by atoms with van der Waals surface area (Å²) in [5, 5.41) is 0. The first-order chi connectivity index (χ1) is 19.8. The first-order valence-corrected chi connectivity index (χ1v) is 15.2. The lowest BCUT2D eigenvalue weighted by molar-refractivity contribution is -0.107. The number of amidine groups is 2. The van der Waals surface area contributed by atoms with Crippen molar-refractivity contribution < 1.29 is 9.59 Å². The second-order valence-electron chi connectivity index (χ2n) is 11.1. The molecule has 0 aromatic heterocycles. The zero-order valence-corrected chi connectivity index (χ0v) is 26.5. The Hall–Kier alpha value is -2.84. The minimum absolute atomic E-state index is 0.250. The van der Waals surface area contributed by atoms with Gasteiger partial charge in [-0.2, -0.15) is 0 Å². The number of aliphatic imine (C=N–C) groups is 2. The third-order valence-electron chi connectivity index (χ3n) is 7.77. The zero-order valence-electron chi connectivity index (χ0n) is 26.5. The molecule has 1 aromatic carbocycles. The molecule has 1 saturated carbocycles. The maximum atomic E-state index is 8.58. The van der Waals surface area contributed by atoms with Gasteiger partial charge in [-0.15, -0.1) is 0 Å². The number of carbonyl (C=O) groups is 2. The summed E-state index contributed by atoms with van der Waals surface area (Å²) < 4.78 is 0. The van der Waals surface area contributed by atoms with Crippen LogP contribution in [0.3, 0.4) is 0 Å². The SMILES string of the molecule is C=C(CC(CCC(N=C(N)CC)=Nc1ccc(C(C)C)cc1C)C1CCCC1)CN1CCCC1.C=O.CN.NC=O. The Morgan fingerprint density at radius 3 is 2.22 bits per heavy atom. The van der Waals surface area contributed by atoms with Gasteiger partial charge in [0, 0.05) is 19.4 Å². The molecular weight excluding hydrogens is 512 g/mol. The summed E-state index contributed by atoms with van der Waals surface area (Å²) in [6.45, 7) is 18.7. The molecule has 1 atom stereocenters. The van der Waals surface area contributed by atoms with Crippen molar-refractivity contribution in [3.8, 4) is 0 Å². The number of nitrogens with two attached hydrogens (primary N) is 3. The van der Waals surface area contributed by atoms with E-state index >= 15 is 0 Å². The summed E-state index contributed by atoms with van der Waals surface area (Å²) >= 11 is 0. The Kier molecular flexibility index (Phi) is 21.2. The number of amides is 1. The average Bonchev–Trinajstić information content (AvgIpc) is 3.69. The molecule has 0 bridgehead atoms. The van der Waals surface area contributed by atoms with E-state index in [1.165, 1.54) is 75.4 Å². The normalized spacial score (nSPS) is 16.6. The van der Waals surface area contributed by atoms with Crippen LogP contribution in [0.2, 0.25) is 0 Å². The second kappa shape index (κ2) is 22.8. The van der Waals surface area contributed by atoms with Gasteiger partial charge in [-0.1, -0.05) is 70.7 Å². The highest BCUT2D eigenvalue weighted by Gasteiger charge is 2.26. The van der Waals surface area contributed by atoms with Gasteiger partial charge in [0.2, 0.25) is 6.41 Å². The van der Waals surface area contributed by atoms with Crippen molar-refractivity contribution in [3.63, 3.8) is 0 Å². The van der Waals surface area contributed by atoms with Gasteiger partial charge >= 0.3 is 0 Å². The lowest BCUT2D eigenvalue weighted by Crippen LogP contribution is -2.24. The van der Waals surface area contributed by atoms with Crippen molar-refractivity contribution in [2.24, 2.45) is 39.0 Å². The Balaban J connectivity index is 0.00000210.